The van der Waals surface area contributed by atoms with E-state index >= 15 is 0 Å². The quantitative estimate of drug-likeness (QED) is 0.823. The van der Waals surface area contributed by atoms with Crippen molar-refractivity contribution < 1.29 is 14.2 Å². The second-order valence-corrected chi connectivity index (χ2v) is 4.51. The van der Waals surface area contributed by atoms with E-state index in [4.69, 9.17) is 14.2 Å². The van der Waals surface area contributed by atoms with Gasteiger partial charge in [0.25, 0.3) is 0 Å². The number of ether oxygens (including phenoxy) is 3. The Hall–Kier alpha value is -2.16. The SMILES string of the molecule is COc1ccc(C)c(-c2cccc3c2OCCO3)c1. The summed E-state index contributed by atoms with van der Waals surface area (Å²) < 4.78 is 16.7. The molecule has 0 atom stereocenters. The summed E-state index contributed by atoms with van der Waals surface area (Å²) in [4.78, 5) is 0. The maximum Gasteiger partial charge on any atom is 0.169 e. The number of para-hydroxylation sites is 1. The van der Waals surface area contributed by atoms with Crippen molar-refractivity contribution in [1.29, 1.82) is 0 Å². The summed E-state index contributed by atoms with van der Waals surface area (Å²) in [6.07, 6.45) is 0. The van der Waals surface area contributed by atoms with Crippen LogP contribution in [0.25, 0.3) is 11.1 Å². The van der Waals surface area contributed by atoms with Crippen LogP contribution in [0.1, 0.15) is 5.56 Å². The summed E-state index contributed by atoms with van der Waals surface area (Å²) in [5, 5.41) is 0. The average Bonchev–Trinajstić information content (AvgIpc) is 2.47. The number of benzene rings is 2. The Kier molecular flexibility index (Phi) is 3.03. The summed E-state index contributed by atoms with van der Waals surface area (Å²) in [7, 11) is 1.68. The highest BCUT2D eigenvalue weighted by atomic mass is 16.6. The van der Waals surface area contributed by atoms with Crippen molar-refractivity contribution in [3.05, 3.63) is 42.0 Å². The molecule has 0 spiro atoms. The number of fused-ring (bicyclic) bond motifs is 1. The highest BCUT2D eigenvalue weighted by Crippen LogP contribution is 2.41. The van der Waals surface area contributed by atoms with Gasteiger partial charge < -0.3 is 14.2 Å². The third kappa shape index (κ3) is 2.12. The molecule has 1 heterocycles. The van der Waals surface area contributed by atoms with Crippen LogP contribution in [0.2, 0.25) is 0 Å². The van der Waals surface area contributed by atoms with Crippen LogP contribution in [0.15, 0.2) is 36.4 Å². The van der Waals surface area contributed by atoms with Crippen molar-refractivity contribution in [2.75, 3.05) is 20.3 Å². The molecule has 1 aliphatic heterocycles. The lowest BCUT2D eigenvalue weighted by molar-refractivity contribution is 0.172. The van der Waals surface area contributed by atoms with Crippen molar-refractivity contribution >= 4 is 0 Å². The van der Waals surface area contributed by atoms with Gasteiger partial charge in [0.1, 0.15) is 19.0 Å². The molecule has 0 aromatic heterocycles. The van der Waals surface area contributed by atoms with Crippen molar-refractivity contribution in [2.24, 2.45) is 0 Å². The minimum atomic E-state index is 0.590. The minimum Gasteiger partial charge on any atom is -0.497 e. The van der Waals surface area contributed by atoms with Gasteiger partial charge in [-0.1, -0.05) is 18.2 Å². The normalized spacial score (nSPS) is 13.2. The monoisotopic (exact) mass is 256 g/mol. The van der Waals surface area contributed by atoms with Crippen LogP contribution in [0.5, 0.6) is 17.2 Å². The summed E-state index contributed by atoms with van der Waals surface area (Å²) in [5.41, 5.74) is 3.35. The van der Waals surface area contributed by atoms with Crippen LogP contribution in [0.4, 0.5) is 0 Å². The van der Waals surface area contributed by atoms with Gasteiger partial charge in [-0.15, -0.1) is 0 Å². The Morgan fingerprint density at radius 3 is 2.68 bits per heavy atom. The molecule has 0 saturated carbocycles. The topological polar surface area (TPSA) is 27.7 Å². The highest BCUT2D eigenvalue weighted by molar-refractivity contribution is 5.77. The van der Waals surface area contributed by atoms with Crippen LogP contribution >= 0.6 is 0 Å². The van der Waals surface area contributed by atoms with Crippen LogP contribution in [-0.2, 0) is 0 Å². The molecule has 0 amide bonds. The van der Waals surface area contributed by atoms with Gasteiger partial charge >= 0.3 is 0 Å². The molecular weight excluding hydrogens is 240 g/mol. The number of hydrogen-bond donors (Lipinski definition) is 0. The van der Waals surface area contributed by atoms with E-state index in [0.29, 0.717) is 13.2 Å². The molecule has 3 heteroatoms. The molecule has 3 rings (SSSR count). The first-order chi connectivity index (χ1) is 9.29. The van der Waals surface area contributed by atoms with Gasteiger partial charge in [-0.3, -0.25) is 0 Å². The molecule has 0 fully saturated rings. The lowest BCUT2D eigenvalue weighted by atomic mass is 9.99. The summed E-state index contributed by atoms with van der Waals surface area (Å²) in [6, 6.07) is 12.0. The van der Waals surface area contributed by atoms with Crippen molar-refractivity contribution in [1.82, 2.24) is 0 Å². The van der Waals surface area contributed by atoms with Gasteiger partial charge in [0.2, 0.25) is 0 Å². The van der Waals surface area contributed by atoms with Gasteiger partial charge in [0.15, 0.2) is 11.5 Å². The highest BCUT2D eigenvalue weighted by Gasteiger charge is 2.18. The molecular formula is C16H16O3. The van der Waals surface area contributed by atoms with Gasteiger partial charge in [0, 0.05) is 5.56 Å². The Balaban J connectivity index is 2.16. The zero-order valence-electron chi connectivity index (χ0n) is 11.1. The Labute approximate surface area is 112 Å². The molecule has 2 aromatic carbocycles. The van der Waals surface area contributed by atoms with E-state index in [1.165, 1.54) is 5.56 Å². The lowest BCUT2D eigenvalue weighted by Crippen LogP contribution is -2.15. The van der Waals surface area contributed by atoms with Crippen molar-refractivity contribution in [3.8, 4) is 28.4 Å². The van der Waals surface area contributed by atoms with E-state index in [1.807, 2.05) is 24.3 Å². The number of hydrogen-bond acceptors (Lipinski definition) is 3. The van der Waals surface area contributed by atoms with Gasteiger partial charge in [0.05, 0.1) is 7.11 Å². The van der Waals surface area contributed by atoms with E-state index in [1.54, 1.807) is 7.11 Å². The number of rotatable bonds is 2. The fourth-order valence-electron chi connectivity index (χ4n) is 2.30. The van der Waals surface area contributed by atoms with Crippen LogP contribution in [0.3, 0.4) is 0 Å². The Morgan fingerprint density at radius 2 is 1.84 bits per heavy atom. The van der Waals surface area contributed by atoms with Gasteiger partial charge in [-0.25, -0.2) is 0 Å². The molecule has 98 valence electrons. The first-order valence-corrected chi connectivity index (χ1v) is 6.33. The molecule has 0 aliphatic carbocycles. The smallest absolute Gasteiger partial charge is 0.169 e. The molecule has 19 heavy (non-hydrogen) atoms. The third-order valence-corrected chi connectivity index (χ3v) is 3.30. The molecule has 2 aromatic rings. The van der Waals surface area contributed by atoms with Gasteiger partial charge in [-0.2, -0.15) is 0 Å². The maximum atomic E-state index is 5.77. The lowest BCUT2D eigenvalue weighted by Gasteiger charge is -2.21. The first kappa shape index (κ1) is 11.9. The Morgan fingerprint density at radius 1 is 1.00 bits per heavy atom. The molecule has 0 saturated heterocycles. The third-order valence-electron chi connectivity index (χ3n) is 3.30. The van der Waals surface area contributed by atoms with Crippen LogP contribution in [0, 0.1) is 6.92 Å². The van der Waals surface area contributed by atoms with E-state index in [0.717, 1.165) is 28.4 Å². The molecule has 1 aliphatic rings. The first-order valence-electron chi connectivity index (χ1n) is 6.33. The van der Waals surface area contributed by atoms with Gasteiger partial charge in [-0.05, 0) is 36.2 Å². The predicted molar refractivity (Wildman–Crippen MR) is 74.2 cm³/mol. The van der Waals surface area contributed by atoms with E-state index in [-0.39, 0.29) is 0 Å². The average molecular weight is 256 g/mol. The largest absolute Gasteiger partial charge is 0.497 e. The molecule has 3 nitrogen and oxygen atoms in total. The maximum absolute atomic E-state index is 5.77. The zero-order chi connectivity index (χ0) is 13.2. The number of aryl methyl sites for hydroxylation is 1. The fraction of sp³-hybridized carbons (Fsp3) is 0.250. The summed E-state index contributed by atoms with van der Waals surface area (Å²) in [6.45, 7) is 3.28. The van der Waals surface area contributed by atoms with Crippen LogP contribution < -0.4 is 14.2 Å². The minimum absolute atomic E-state index is 0.590. The zero-order valence-corrected chi connectivity index (χ0v) is 11.1. The van der Waals surface area contributed by atoms with E-state index < -0.39 is 0 Å². The second-order valence-electron chi connectivity index (χ2n) is 4.51. The van der Waals surface area contributed by atoms with E-state index in [2.05, 4.69) is 19.1 Å². The Bertz CT molecular complexity index is 605. The summed E-state index contributed by atoms with van der Waals surface area (Å²) in [5.74, 6) is 2.48. The fourth-order valence-corrected chi connectivity index (χ4v) is 2.30. The summed E-state index contributed by atoms with van der Waals surface area (Å²) >= 11 is 0. The molecule has 0 bridgehead atoms. The second kappa shape index (κ2) is 4.84. The predicted octanol–water partition coefficient (Wildman–Crippen LogP) is 3.44. The van der Waals surface area contributed by atoms with Crippen molar-refractivity contribution in [2.45, 2.75) is 6.92 Å². The standard InChI is InChI=1S/C16H16O3/c1-11-6-7-12(17-2)10-14(11)13-4-3-5-15-16(13)19-9-8-18-15/h3-7,10H,8-9H2,1-2H3. The molecule has 0 radical (unpaired) electrons. The van der Waals surface area contributed by atoms with E-state index in [9.17, 15) is 0 Å². The molecule has 0 N–H and O–H groups in total. The number of methoxy groups -OCH3 is 1. The van der Waals surface area contributed by atoms with Crippen LogP contribution in [-0.4, -0.2) is 20.3 Å². The molecule has 0 unspecified atom stereocenters. The van der Waals surface area contributed by atoms with Crippen molar-refractivity contribution in [3.63, 3.8) is 0 Å².